The van der Waals surface area contributed by atoms with Gasteiger partial charge in [0.05, 0.1) is 6.54 Å². The summed E-state index contributed by atoms with van der Waals surface area (Å²) < 4.78 is 0. The van der Waals surface area contributed by atoms with E-state index in [9.17, 15) is 14.4 Å². The third-order valence-corrected chi connectivity index (χ3v) is 5.06. The molecule has 0 radical (unpaired) electrons. The fraction of sp³-hybridized carbons (Fsp3) is 0.625. The van der Waals surface area contributed by atoms with Crippen LogP contribution in [0.5, 0.6) is 0 Å². The molecule has 0 spiro atoms. The summed E-state index contributed by atoms with van der Waals surface area (Å²) in [5.41, 5.74) is 7.53. The van der Waals surface area contributed by atoms with E-state index in [1.165, 1.54) is 0 Å². The zero-order valence-corrected chi connectivity index (χ0v) is 20.7. The molecule has 0 bridgehead atoms. The Balaban J connectivity index is 0.00000177. The van der Waals surface area contributed by atoms with Crippen molar-refractivity contribution in [1.29, 1.82) is 0 Å². The number of aryl methyl sites for hydroxylation is 1. The van der Waals surface area contributed by atoms with Gasteiger partial charge in [-0.05, 0) is 58.1 Å². The first-order valence-electron chi connectivity index (χ1n) is 11.6. The number of aromatic nitrogens is 1. The van der Waals surface area contributed by atoms with Crippen LogP contribution >= 0.6 is 0 Å². The Morgan fingerprint density at radius 1 is 1.34 bits per heavy atom. The molecule has 1 aromatic rings. The second-order valence-corrected chi connectivity index (χ2v) is 7.53. The van der Waals surface area contributed by atoms with Crippen molar-refractivity contribution in [1.82, 2.24) is 20.5 Å². The molecule has 1 fully saturated rings. The van der Waals surface area contributed by atoms with Crippen LogP contribution in [-0.2, 0) is 20.8 Å². The van der Waals surface area contributed by atoms with Crippen LogP contribution in [0.1, 0.15) is 65.1 Å². The zero-order chi connectivity index (χ0) is 24.7. The highest BCUT2D eigenvalue weighted by Gasteiger charge is 2.41. The Bertz CT molecular complexity index is 716. The molecular formula is C24H43N5O3. The van der Waals surface area contributed by atoms with Crippen molar-refractivity contribution in [2.24, 2.45) is 5.73 Å². The molecular weight excluding hydrogens is 406 g/mol. The third kappa shape index (κ3) is 9.26. The van der Waals surface area contributed by atoms with E-state index in [1.54, 1.807) is 17.9 Å². The van der Waals surface area contributed by atoms with E-state index in [0.717, 1.165) is 30.5 Å². The number of allylic oxidation sites excluding steroid dienone is 1. The topological polar surface area (TPSA) is 120 Å². The highest BCUT2D eigenvalue weighted by Crippen LogP contribution is 2.27. The van der Waals surface area contributed by atoms with Crippen molar-refractivity contribution >= 4 is 17.7 Å². The van der Waals surface area contributed by atoms with Crippen LogP contribution in [0.3, 0.4) is 0 Å². The third-order valence-electron chi connectivity index (χ3n) is 5.06. The van der Waals surface area contributed by atoms with Crippen LogP contribution in [0.2, 0.25) is 0 Å². The van der Waals surface area contributed by atoms with Gasteiger partial charge in [0.15, 0.2) is 0 Å². The molecule has 5 N–H and O–H groups in total. The second-order valence-electron chi connectivity index (χ2n) is 7.53. The normalized spacial score (nSPS) is 17.8. The number of nitrogens with two attached hydrogens (primary N) is 1. The molecule has 0 unspecified atom stereocenters. The quantitative estimate of drug-likeness (QED) is 0.456. The fourth-order valence-corrected chi connectivity index (χ4v) is 3.62. The number of likely N-dealkylation sites (tertiary alicyclic amines) is 1. The van der Waals surface area contributed by atoms with E-state index in [4.69, 9.17) is 5.73 Å². The van der Waals surface area contributed by atoms with Crippen LogP contribution in [0.15, 0.2) is 24.9 Å². The van der Waals surface area contributed by atoms with Gasteiger partial charge in [-0.2, -0.15) is 0 Å². The fourth-order valence-electron chi connectivity index (χ4n) is 3.62. The van der Waals surface area contributed by atoms with E-state index in [1.807, 2.05) is 46.9 Å². The Morgan fingerprint density at radius 2 is 1.97 bits per heavy atom. The Labute approximate surface area is 193 Å². The number of nitrogens with one attached hydrogen (secondary N) is 3. The first-order chi connectivity index (χ1) is 15.3. The lowest BCUT2D eigenvalue weighted by Crippen LogP contribution is -2.55. The molecule has 1 saturated heterocycles. The number of nitrogens with zero attached hydrogens (tertiary/aromatic N) is 1. The van der Waals surface area contributed by atoms with Gasteiger partial charge in [-0.3, -0.25) is 14.4 Å². The number of carbonyl (C=O) groups is 3. The van der Waals surface area contributed by atoms with E-state index in [2.05, 4.69) is 22.2 Å². The average molecular weight is 450 g/mol. The molecule has 3 atom stereocenters. The maximum Gasteiger partial charge on any atom is 0.245 e. The molecule has 2 rings (SSSR count). The zero-order valence-electron chi connectivity index (χ0n) is 20.7. The average Bonchev–Trinajstić information content (AvgIpc) is 3.40. The number of carbonyl (C=O) groups excluding carboxylic acids is 3. The van der Waals surface area contributed by atoms with Crippen molar-refractivity contribution < 1.29 is 14.4 Å². The van der Waals surface area contributed by atoms with E-state index in [-0.39, 0.29) is 30.3 Å². The summed E-state index contributed by atoms with van der Waals surface area (Å²) in [7, 11) is 0. The molecule has 8 nitrogen and oxygen atoms in total. The summed E-state index contributed by atoms with van der Waals surface area (Å²) in [5.74, 6) is -0.752. The first-order valence-corrected chi connectivity index (χ1v) is 11.6. The summed E-state index contributed by atoms with van der Waals surface area (Å²) in [6, 6.07) is 0.865. The van der Waals surface area contributed by atoms with Crippen LogP contribution in [-0.4, -0.2) is 58.8 Å². The van der Waals surface area contributed by atoms with E-state index < -0.39 is 12.1 Å². The van der Waals surface area contributed by atoms with Gasteiger partial charge in [0.1, 0.15) is 12.1 Å². The van der Waals surface area contributed by atoms with Gasteiger partial charge < -0.3 is 26.3 Å². The minimum Gasteiger partial charge on any atom is -0.365 e. The summed E-state index contributed by atoms with van der Waals surface area (Å²) in [6.45, 7) is 15.2. The van der Waals surface area contributed by atoms with Crippen molar-refractivity contribution in [3.8, 4) is 0 Å². The molecule has 0 aromatic carbocycles. The number of hydrogen-bond acceptors (Lipinski definition) is 4. The minimum atomic E-state index is -0.702. The summed E-state index contributed by atoms with van der Waals surface area (Å²) in [6.07, 6.45) is 6.61. The predicted octanol–water partition coefficient (Wildman–Crippen LogP) is 2.43. The van der Waals surface area contributed by atoms with Crippen molar-refractivity contribution in [3.63, 3.8) is 0 Å². The maximum atomic E-state index is 12.9. The predicted molar refractivity (Wildman–Crippen MR) is 130 cm³/mol. The van der Waals surface area contributed by atoms with Gasteiger partial charge in [0.2, 0.25) is 17.7 Å². The van der Waals surface area contributed by atoms with Crippen molar-refractivity contribution in [3.05, 3.63) is 36.2 Å². The molecule has 32 heavy (non-hydrogen) atoms. The highest BCUT2D eigenvalue weighted by molar-refractivity contribution is 5.92. The lowest BCUT2D eigenvalue weighted by atomic mass is 10.1. The largest absolute Gasteiger partial charge is 0.365 e. The number of rotatable bonds is 8. The van der Waals surface area contributed by atoms with E-state index in [0.29, 0.717) is 13.0 Å². The molecule has 1 aliphatic heterocycles. The molecule has 8 heteroatoms. The Kier molecular flexibility index (Phi) is 14.8. The van der Waals surface area contributed by atoms with Crippen molar-refractivity contribution in [2.45, 2.75) is 85.4 Å². The van der Waals surface area contributed by atoms with Gasteiger partial charge >= 0.3 is 0 Å². The number of H-pyrrole nitrogens is 1. The molecule has 3 amide bonds. The SMILES string of the molecule is C=CC.CC.CC[C@H]1CC[C@@H](C(=O)NCCc2c[nH]c(C)c2)N1C(=O)[C@H](C)NC(=O)CN. The van der Waals surface area contributed by atoms with Crippen LogP contribution in [0.25, 0.3) is 0 Å². The molecule has 1 aromatic heterocycles. The van der Waals surface area contributed by atoms with Gasteiger partial charge in [0, 0.05) is 24.5 Å². The molecule has 0 saturated carbocycles. The molecule has 1 aliphatic rings. The Hall–Kier alpha value is -2.61. The smallest absolute Gasteiger partial charge is 0.245 e. The lowest BCUT2D eigenvalue weighted by molar-refractivity contribution is -0.142. The monoisotopic (exact) mass is 449 g/mol. The Morgan fingerprint density at radius 3 is 2.47 bits per heavy atom. The lowest BCUT2D eigenvalue weighted by Gasteiger charge is -2.31. The maximum absolute atomic E-state index is 12.9. The van der Waals surface area contributed by atoms with Gasteiger partial charge in [-0.15, -0.1) is 6.58 Å². The molecule has 0 aliphatic carbocycles. The first kappa shape index (κ1) is 29.4. The summed E-state index contributed by atoms with van der Waals surface area (Å²) in [4.78, 5) is 41.8. The highest BCUT2D eigenvalue weighted by atomic mass is 16.2. The van der Waals surface area contributed by atoms with Crippen LogP contribution in [0.4, 0.5) is 0 Å². The minimum absolute atomic E-state index is 0.0119. The van der Waals surface area contributed by atoms with Crippen molar-refractivity contribution in [2.75, 3.05) is 13.1 Å². The van der Waals surface area contributed by atoms with Gasteiger partial charge in [-0.1, -0.05) is 26.8 Å². The molecule has 2 heterocycles. The van der Waals surface area contributed by atoms with E-state index >= 15 is 0 Å². The van der Waals surface area contributed by atoms with Gasteiger partial charge in [-0.25, -0.2) is 0 Å². The second kappa shape index (κ2) is 16.1. The molecule has 182 valence electrons. The number of aromatic amines is 1. The van der Waals surface area contributed by atoms with Crippen LogP contribution in [0, 0.1) is 6.92 Å². The summed E-state index contributed by atoms with van der Waals surface area (Å²) >= 11 is 0. The number of amides is 3. The standard InChI is InChI=1S/C19H31N5O3.C3H6.C2H6/c1-4-15-5-6-16(24(15)19(27)13(3)23-17(25)10-20)18(26)21-8-7-14-9-12(2)22-11-14;1-3-2;1-2/h9,11,13,15-16,22H,4-8,10,20H2,1-3H3,(H,21,26)(H,23,25);3H,1H2,2H3;1-2H3/t13-,15-,16-;;/m0../s1. The van der Waals surface area contributed by atoms with Crippen LogP contribution < -0.4 is 16.4 Å². The number of hydrogen-bond donors (Lipinski definition) is 4. The van der Waals surface area contributed by atoms with Gasteiger partial charge in [0.25, 0.3) is 0 Å². The summed E-state index contributed by atoms with van der Waals surface area (Å²) in [5, 5.41) is 5.54.